The van der Waals surface area contributed by atoms with E-state index in [-0.39, 0.29) is 6.04 Å². The van der Waals surface area contributed by atoms with Crippen molar-refractivity contribution in [1.29, 1.82) is 0 Å². The van der Waals surface area contributed by atoms with Crippen molar-refractivity contribution in [2.75, 3.05) is 13.7 Å². The van der Waals surface area contributed by atoms with Crippen LogP contribution in [0.15, 0.2) is 30.4 Å². The summed E-state index contributed by atoms with van der Waals surface area (Å²) in [5.41, 5.74) is 1.73. The van der Waals surface area contributed by atoms with Crippen molar-refractivity contribution in [3.63, 3.8) is 0 Å². The minimum absolute atomic E-state index is 0.179. The topological polar surface area (TPSA) is 33.7 Å². The minimum atomic E-state index is -0.453. The molecule has 0 saturated carbocycles. The monoisotopic (exact) mass is 304 g/mol. The van der Waals surface area contributed by atoms with Crippen LogP contribution >= 0.6 is 12.2 Å². The zero-order valence-corrected chi connectivity index (χ0v) is 13.4. The van der Waals surface area contributed by atoms with Crippen LogP contribution in [0.5, 0.6) is 11.5 Å². The average Bonchev–Trinajstić information content (AvgIpc) is 2.42. The summed E-state index contributed by atoms with van der Waals surface area (Å²) in [7, 11) is 1.66. The molecular formula is C16H20N2O2S. The lowest BCUT2D eigenvalue weighted by Crippen LogP contribution is -2.64. The first-order chi connectivity index (χ1) is 9.93. The standard InChI is InChI=1S/C16H20N2O2S/c1-10(2)9-18-15(21)17-13-8-16(18,3)20-14-7-11(19-4)5-6-12(13)14/h5-7,13H,1,8-9H2,2-4H3,(H,17,21). The Morgan fingerprint density at radius 1 is 1.62 bits per heavy atom. The molecule has 21 heavy (non-hydrogen) atoms. The zero-order chi connectivity index (χ0) is 15.2. The van der Waals surface area contributed by atoms with E-state index < -0.39 is 5.72 Å². The molecule has 0 spiro atoms. The predicted octanol–water partition coefficient (Wildman–Crippen LogP) is 3.00. The third kappa shape index (κ3) is 2.35. The van der Waals surface area contributed by atoms with E-state index in [1.54, 1.807) is 7.11 Å². The fourth-order valence-corrected chi connectivity index (χ4v) is 3.43. The van der Waals surface area contributed by atoms with Crippen LogP contribution < -0.4 is 14.8 Å². The summed E-state index contributed by atoms with van der Waals surface area (Å²) in [6, 6.07) is 6.12. The highest BCUT2D eigenvalue weighted by Crippen LogP contribution is 2.45. The number of methoxy groups -OCH3 is 1. The third-order valence-corrected chi connectivity index (χ3v) is 4.39. The van der Waals surface area contributed by atoms with E-state index >= 15 is 0 Å². The van der Waals surface area contributed by atoms with Crippen LogP contribution in [0.3, 0.4) is 0 Å². The van der Waals surface area contributed by atoms with E-state index in [2.05, 4.69) is 23.7 Å². The Morgan fingerprint density at radius 3 is 3.05 bits per heavy atom. The number of thiocarbonyl (C=S) groups is 1. The van der Waals surface area contributed by atoms with Crippen LogP contribution in [0.4, 0.5) is 0 Å². The lowest BCUT2D eigenvalue weighted by atomic mass is 9.90. The number of rotatable bonds is 3. The van der Waals surface area contributed by atoms with Gasteiger partial charge in [0.1, 0.15) is 11.5 Å². The summed E-state index contributed by atoms with van der Waals surface area (Å²) in [5, 5.41) is 4.14. The van der Waals surface area contributed by atoms with Crippen molar-refractivity contribution in [2.24, 2.45) is 0 Å². The molecule has 2 heterocycles. The lowest BCUT2D eigenvalue weighted by molar-refractivity contribution is -0.0642. The molecule has 3 rings (SSSR count). The van der Waals surface area contributed by atoms with Crippen LogP contribution in [-0.4, -0.2) is 29.4 Å². The molecule has 2 aliphatic heterocycles. The number of benzene rings is 1. The van der Waals surface area contributed by atoms with Crippen molar-refractivity contribution in [3.8, 4) is 11.5 Å². The highest BCUT2D eigenvalue weighted by molar-refractivity contribution is 7.80. The maximum atomic E-state index is 6.29. The molecule has 0 amide bonds. The summed E-state index contributed by atoms with van der Waals surface area (Å²) in [6.07, 6.45) is 0.847. The maximum Gasteiger partial charge on any atom is 0.184 e. The summed E-state index contributed by atoms with van der Waals surface area (Å²) in [4.78, 5) is 2.07. The van der Waals surface area contributed by atoms with Gasteiger partial charge in [0.25, 0.3) is 0 Å². The summed E-state index contributed by atoms with van der Waals surface area (Å²) >= 11 is 5.52. The van der Waals surface area contributed by atoms with Crippen LogP contribution in [0, 0.1) is 0 Å². The van der Waals surface area contributed by atoms with Gasteiger partial charge in [-0.3, -0.25) is 0 Å². The number of fused-ring (bicyclic) bond motifs is 4. The fourth-order valence-electron chi connectivity index (χ4n) is 3.03. The van der Waals surface area contributed by atoms with Crippen LogP contribution in [0.2, 0.25) is 0 Å². The Morgan fingerprint density at radius 2 is 2.38 bits per heavy atom. The average molecular weight is 304 g/mol. The second kappa shape index (κ2) is 4.91. The SMILES string of the molecule is C=C(C)CN1C(=S)NC2CC1(C)Oc1cc(OC)ccc12. The van der Waals surface area contributed by atoms with Gasteiger partial charge in [-0.25, -0.2) is 0 Å². The van der Waals surface area contributed by atoms with Crippen molar-refractivity contribution in [1.82, 2.24) is 10.2 Å². The van der Waals surface area contributed by atoms with E-state index in [9.17, 15) is 0 Å². The van der Waals surface area contributed by atoms with Gasteiger partial charge in [-0.2, -0.15) is 0 Å². The second-order valence-corrected chi connectivity index (χ2v) is 6.32. The fraction of sp³-hybridized carbons (Fsp3) is 0.438. The quantitative estimate of drug-likeness (QED) is 0.686. The maximum absolute atomic E-state index is 6.29. The molecule has 2 atom stereocenters. The van der Waals surface area contributed by atoms with Crippen molar-refractivity contribution in [2.45, 2.75) is 32.0 Å². The molecule has 1 N–H and O–H groups in total. The van der Waals surface area contributed by atoms with Crippen LogP contribution in [-0.2, 0) is 0 Å². The van der Waals surface area contributed by atoms with E-state index in [1.165, 1.54) is 0 Å². The molecule has 1 aromatic carbocycles. The first-order valence-corrected chi connectivity index (χ1v) is 7.43. The normalized spacial score (nSPS) is 26.5. The number of hydrogen-bond donors (Lipinski definition) is 1. The molecule has 1 saturated heterocycles. The number of ether oxygens (including phenoxy) is 2. The summed E-state index contributed by atoms with van der Waals surface area (Å²) in [5.74, 6) is 1.65. The Balaban J connectivity index is 2.01. The molecule has 2 bridgehead atoms. The van der Waals surface area contributed by atoms with Crippen molar-refractivity contribution < 1.29 is 9.47 Å². The summed E-state index contributed by atoms with van der Waals surface area (Å²) < 4.78 is 11.6. The molecule has 0 aliphatic carbocycles. The molecule has 1 aromatic rings. The largest absolute Gasteiger partial charge is 0.497 e. The molecule has 2 unspecified atom stereocenters. The molecule has 112 valence electrons. The molecule has 1 fully saturated rings. The van der Waals surface area contributed by atoms with Crippen LogP contribution in [0.1, 0.15) is 31.9 Å². The smallest absolute Gasteiger partial charge is 0.184 e. The highest BCUT2D eigenvalue weighted by atomic mass is 32.1. The highest BCUT2D eigenvalue weighted by Gasteiger charge is 2.47. The van der Waals surface area contributed by atoms with Gasteiger partial charge in [-0.15, -0.1) is 0 Å². The molecule has 2 aliphatic rings. The van der Waals surface area contributed by atoms with Gasteiger partial charge in [-0.05, 0) is 38.2 Å². The first-order valence-electron chi connectivity index (χ1n) is 7.02. The van der Waals surface area contributed by atoms with E-state index in [1.807, 2.05) is 25.1 Å². The Labute approximate surface area is 130 Å². The molecule has 5 heteroatoms. The van der Waals surface area contributed by atoms with Gasteiger partial charge < -0.3 is 19.7 Å². The Kier molecular flexibility index (Phi) is 3.32. The van der Waals surface area contributed by atoms with Crippen LogP contribution in [0.25, 0.3) is 0 Å². The molecule has 4 nitrogen and oxygen atoms in total. The van der Waals surface area contributed by atoms with Gasteiger partial charge in [0.15, 0.2) is 10.8 Å². The van der Waals surface area contributed by atoms with Crippen molar-refractivity contribution in [3.05, 3.63) is 35.9 Å². The van der Waals surface area contributed by atoms with E-state index in [0.29, 0.717) is 6.54 Å². The Bertz CT molecular complexity index is 616. The van der Waals surface area contributed by atoms with Crippen molar-refractivity contribution >= 4 is 17.3 Å². The van der Waals surface area contributed by atoms with Gasteiger partial charge >= 0.3 is 0 Å². The van der Waals surface area contributed by atoms with Gasteiger partial charge in [0.2, 0.25) is 0 Å². The Hall–Kier alpha value is -1.75. The number of nitrogens with one attached hydrogen (secondary N) is 1. The third-order valence-electron chi connectivity index (χ3n) is 4.05. The molecular weight excluding hydrogens is 284 g/mol. The van der Waals surface area contributed by atoms with Gasteiger partial charge in [-0.1, -0.05) is 12.2 Å². The van der Waals surface area contributed by atoms with E-state index in [0.717, 1.165) is 34.2 Å². The minimum Gasteiger partial charge on any atom is -0.497 e. The number of hydrogen-bond acceptors (Lipinski definition) is 3. The molecule has 0 radical (unpaired) electrons. The van der Waals surface area contributed by atoms with Gasteiger partial charge in [0.05, 0.1) is 13.2 Å². The lowest BCUT2D eigenvalue weighted by Gasteiger charge is -2.52. The van der Waals surface area contributed by atoms with E-state index in [4.69, 9.17) is 21.7 Å². The summed E-state index contributed by atoms with van der Waals surface area (Å²) in [6.45, 7) is 8.76. The molecule has 0 aromatic heterocycles. The second-order valence-electron chi connectivity index (χ2n) is 5.93. The number of nitrogens with zero attached hydrogens (tertiary/aromatic N) is 1. The predicted molar refractivity (Wildman–Crippen MR) is 86.6 cm³/mol. The zero-order valence-electron chi connectivity index (χ0n) is 12.6. The first kappa shape index (κ1) is 14.2. The van der Waals surface area contributed by atoms with Gasteiger partial charge in [0, 0.05) is 24.6 Å².